The molecule has 1 N–H and O–H groups in total. The average molecular weight is 212 g/mol. The van der Waals surface area contributed by atoms with Gasteiger partial charge >= 0.3 is 4.87 Å². The molecule has 0 amide bonds. The van der Waals surface area contributed by atoms with Crippen LogP contribution in [0.1, 0.15) is 10.7 Å². The van der Waals surface area contributed by atoms with E-state index < -0.39 is 0 Å². The van der Waals surface area contributed by atoms with Crippen LogP contribution in [-0.4, -0.2) is 9.97 Å². The van der Waals surface area contributed by atoms with Crippen molar-refractivity contribution in [2.45, 2.75) is 13.8 Å². The molecular weight excluding hydrogens is 204 g/mol. The number of aryl methyl sites for hydroxylation is 2. The first-order valence-electron chi connectivity index (χ1n) is 3.79. The van der Waals surface area contributed by atoms with Crippen molar-refractivity contribution >= 4 is 22.7 Å². The van der Waals surface area contributed by atoms with Gasteiger partial charge in [0.05, 0.1) is 15.6 Å². The monoisotopic (exact) mass is 212 g/mol. The highest BCUT2D eigenvalue weighted by molar-refractivity contribution is 7.14. The summed E-state index contributed by atoms with van der Waals surface area (Å²) in [6.07, 6.45) is 0. The summed E-state index contributed by atoms with van der Waals surface area (Å²) in [5.41, 5.74) is 1.81. The maximum Gasteiger partial charge on any atom is 0.305 e. The summed E-state index contributed by atoms with van der Waals surface area (Å²) in [7, 11) is 0. The maximum atomic E-state index is 11.0. The number of hydrogen-bond acceptors (Lipinski definition) is 4. The van der Waals surface area contributed by atoms with E-state index in [1.54, 1.807) is 11.3 Å². The van der Waals surface area contributed by atoms with Gasteiger partial charge in [-0.05, 0) is 13.8 Å². The van der Waals surface area contributed by atoms with Crippen LogP contribution in [0.2, 0.25) is 0 Å². The van der Waals surface area contributed by atoms with Crippen LogP contribution in [0.4, 0.5) is 0 Å². The highest BCUT2D eigenvalue weighted by Crippen LogP contribution is 2.25. The summed E-state index contributed by atoms with van der Waals surface area (Å²) in [4.78, 5) is 19.0. The Morgan fingerprint density at radius 1 is 1.46 bits per heavy atom. The minimum absolute atomic E-state index is 0.0156. The maximum absolute atomic E-state index is 11.0. The van der Waals surface area contributed by atoms with E-state index in [9.17, 15) is 4.79 Å². The molecular formula is C8H8N2OS2. The third-order valence-electron chi connectivity index (χ3n) is 1.68. The van der Waals surface area contributed by atoms with E-state index in [-0.39, 0.29) is 4.87 Å². The molecule has 68 valence electrons. The number of H-pyrrole nitrogens is 1. The summed E-state index contributed by atoms with van der Waals surface area (Å²) in [6.45, 7) is 3.85. The molecule has 0 saturated carbocycles. The summed E-state index contributed by atoms with van der Waals surface area (Å²) in [5.74, 6) is 0. The second-order valence-corrected chi connectivity index (χ2v) is 4.77. The van der Waals surface area contributed by atoms with Crippen LogP contribution >= 0.6 is 22.7 Å². The number of aromatic amines is 1. The van der Waals surface area contributed by atoms with Crippen molar-refractivity contribution in [1.29, 1.82) is 0 Å². The van der Waals surface area contributed by atoms with Gasteiger partial charge in [0.15, 0.2) is 0 Å². The van der Waals surface area contributed by atoms with Gasteiger partial charge in [-0.3, -0.25) is 4.79 Å². The Morgan fingerprint density at radius 2 is 2.23 bits per heavy atom. The van der Waals surface area contributed by atoms with Crippen molar-refractivity contribution in [3.63, 3.8) is 0 Å². The van der Waals surface area contributed by atoms with Gasteiger partial charge in [0.25, 0.3) is 0 Å². The standard InChI is InChI=1S/C8H8N2OS2/c1-4-7(13-8(11)9-4)6-3-12-5(2)10-6/h3H,1-2H3,(H,9,11). The van der Waals surface area contributed by atoms with Crippen molar-refractivity contribution in [3.05, 3.63) is 25.7 Å². The molecule has 0 aliphatic rings. The molecule has 0 saturated heterocycles. The Kier molecular flexibility index (Phi) is 2.05. The SMILES string of the molecule is Cc1nc(-c2sc(=O)[nH]c2C)cs1. The highest BCUT2D eigenvalue weighted by Gasteiger charge is 2.08. The van der Waals surface area contributed by atoms with E-state index in [0.717, 1.165) is 21.3 Å². The lowest BCUT2D eigenvalue weighted by molar-refractivity contribution is 1.21. The second kappa shape index (κ2) is 3.08. The fourth-order valence-electron chi connectivity index (χ4n) is 1.12. The first-order valence-corrected chi connectivity index (χ1v) is 5.48. The molecule has 0 aromatic carbocycles. The molecule has 0 unspecified atom stereocenters. The van der Waals surface area contributed by atoms with Crippen molar-refractivity contribution in [2.24, 2.45) is 0 Å². The van der Waals surface area contributed by atoms with E-state index in [4.69, 9.17) is 0 Å². The number of thiazole rings is 2. The van der Waals surface area contributed by atoms with E-state index in [1.807, 2.05) is 19.2 Å². The molecule has 0 fully saturated rings. The molecule has 2 rings (SSSR count). The summed E-state index contributed by atoms with van der Waals surface area (Å²) < 4.78 is 0. The molecule has 0 bridgehead atoms. The highest BCUT2D eigenvalue weighted by atomic mass is 32.1. The fraction of sp³-hybridized carbons (Fsp3) is 0.250. The Labute approximate surface area is 83.1 Å². The number of nitrogens with one attached hydrogen (secondary N) is 1. The van der Waals surface area contributed by atoms with Gasteiger partial charge in [0.1, 0.15) is 0 Å². The van der Waals surface area contributed by atoms with Crippen LogP contribution in [-0.2, 0) is 0 Å². The van der Waals surface area contributed by atoms with E-state index in [0.29, 0.717) is 0 Å². The summed E-state index contributed by atoms with van der Waals surface area (Å²) >= 11 is 2.81. The third-order valence-corrected chi connectivity index (χ3v) is 3.46. The van der Waals surface area contributed by atoms with Crippen LogP contribution < -0.4 is 4.87 Å². The van der Waals surface area contributed by atoms with Gasteiger partial charge in [0, 0.05) is 11.1 Å². The largest absolute Gasteiger partial charge is 0.316 e. The summed E-state index contributed by atoms with van der Waals surface area (Å²) in [6, 6.07) is 0. The zero-order valence-corrected chi connectivity index (χ0v) is 8.88. The Hall–Kier alpha value is -0.940. The van der Waals surface area contributed by atoms with E-state index >= 15 is 0 Å². The lowest BCUT2D eigenvalue weighted by atomic mass is 10.3. The van der Waals surface area contributed by atoms with Gasteiger partial charge in [-0.15, -0.1) is 11.3 Å². The molecule has 2 aromatic heterocycles. The number of aromatic nitrogens is 2. The van der Waals surface area contributed by atoms with Gasteiger partial charge in [0.2, 0.25) is 0 Å². The molecule has 0 spiro atoms. The van der Waals surface area contributed by atoms with Crippen LogP contribution in [0, 0.1) is 13.8 Å². The minimum Gasteiger partial charge on any atom is -0.316 e. The van der Waals surface area contributed by atoms with Crippen LogP contribution in [0.15, 0.2) is 10.2 Å². The van der Waals surface area contributed by atoms with Gasteiger partial charge in [-0.1, -0.05) is 11.3 Å². The molecule has 0 radical (unpaired) electrons. The lowest BCUT2D eigenvalue weighted by Gasteiger charge is -1.89. The van der Waals surface area contributed by atoms with Gasteiger partial charge in [-0.2, -0.15) is 0 Å². The van der Waals surface area contributed by atoms with Gasteiger partial charge in [-0.25, -0.2) is 4.98 Å². The van der Waals surface area contributed by atoms with Crippen LogP contribution in [0.5, 0.6) is 0 Å². The van der Waals surface area contributed by atoms with Crippen molar-refractivity contribution in [1.82, 2.24) is 9.97 Å². The molecule has 2 heterocycles. The fourth-order valence-corrected chi connectivity index (χ4v) is 2.60. The number of rotatable bonds is 1. The first kappa shape index (κ1) is 8.65. The third kappa shape index (κ3) is 1.57. The van der Waals surface area contributed by atoms with Crippen molar-refractivity contribution in [3.8, 4) is 10.6 Å². The molecule has 0 atom stereocenters. The smallest absolute Gasteiger partial charge is 0.305 e. The van der Waals surface area contributed by atoms with Crippen LogP contribution in [0.3, 0.4) is 0 Å². The quantitative estimate of drug-likeness (QED) is 0.787. The minimum atomic E-state index is -0.0156. The van der Waals surface area contributed by atoms with Crippen molar-refractivity contribution in [2.75, 3.05) is 0 Å². The number of nitrogens with zero attached hydrogens (tertiary/aromatic N) is 1. The molecule has 3 nitrogen and oxygen atoms in total. The Bertz CT molecular complexity index is 480. The van der Waals surface area contributed by atoms with E-state index in [1.165, 1.54) is 11.3 Å². The zero-order valence-electron chi connectivity index (χ0n) is 7.25. The molecule has 0 aliphatic carbocycles. The first-order chi connectivity index (χ1) is 6.16. The van der Waals surface area contributed by atoms with Gasteiger partial charge < -0.3 is 4.98 Å². The molecule has 2 aromatic rings. The molecule has 0 aliphatic heterocycles. The van der Waals surface area contributed by atoms with Crippen LogP contribution in [0.25, 0.3) is 10.6 Å². The number of hydrogen-bond donors (Lipinski definition) is 1. The summed E-state index contributed by atoms with van der Waals surface area (Å²) in [5, 5.41) is 3.00. The Morgan fingerprint density at radius 3 is 2.69 bits per heavy atom. The predicted octanol–water partition coefficient (Wildman–Crippen LogP) is 2.18. The molecule has 5 heteroatoms. The molecule has 13 heavy (non-hydrogen) atoms. The average Bonchev–Trinajstić information content (AvgIpc) is 2.58. The zero-order chi connectivity index (χ0) is 9.42. The predicted molar refractivity (Wildman–Crippen MR) is 55.5 cm³/mol. The van der Waals surface area contributed by atoms with E-state index in [2.05, 4.69) is 9.97 Å². The topological polar surface area (TPSA) is 45.8 Å². The Balaban J connectivity index is 2.58. The lowest BCUT2D eigenvalue weighted by Crippen LogP contribution is -1.91. The second-order valence-electron chi connectivity index (χ2n) is 2.72. The van der Waals surface area contributed by atoms with Crippen molar-refractivity contribution < 1.29 is 0 Å². The normalized spacial score (nSPS) is 10.6.